The summed E-state index contributed by atoms with van der Waals surface area (Å²) in [6.07, 6.45) is 3.57. The third kappa shape index (κ3) is 3.55. The summed E-state index contributed by atoms with van der Waals surface area (Å²) in [5, 5.41) is 0. The fourth-order valence-corrected chi connectivity index (χ4v) is 2.34. The number of ether oxygens (including phenoxy) is 1. The second-order valence-corrected chi connectivity index (χ2v) is 5.81. The minimum absolute atomic E-state index is 0.639. The molecular formula is C16H26N2O. The predicted molar refractivity (Wildman–Crippen MR) is 81.8 cm³/mol. The lowest BCUT2D eigenvalue weighted by Crippen LogP contribution is -2.30. The Bertz CT molecular complexity index is 413. The van der Waals surface area contributed by atoms with Gasteiger partial charge < -0.3 is 15.4 Å². The van der Waals surface area contributed by atoms with Gasteiger partial charge in [-0.2, -0.15) is 0 Å². The molecule has 0 heterocycles. The van der Waals surface area contributed by atoms with Crippen molar-refractivity contribution in [3.8, 4) is 5.75 Å². The molecule has 1 aromatic rings. The highest BCUT2D eigenvalue weighted by atomic mass is 16.5. The number of hydrogen-bond donors (Lipinski definition) is 1. The first-order valence-corrected chi connectivity index (χ1v) is 7.41. The zero-order chi connectivity index (χ0) is 13.8. The Morgan fingerprint density at radius 2 is 2.11 bits per heavy atom. The molecule has 3 nitrogen and oxygen atoms in total. The van der Waals surface area contributed by atoms with Crippen molar-refractivity contribution in [2.24, 2.45) is 5.92 Å². The van der Waals surface area contributed by atoms with Crippen molar-refractivity contribution in [3.63, 3.8) is 0 Å². The summed E-state index contributed by atoms with van der Waals surface area (Å²) in [7, 11) is 0. The minimum atomic E-state index is 0.639. The first-order chi connectivity index (χ1) is 9.13. The SMILES string of the molecule is CCCOc1cccc(N(CC(C)C)C2CC2)c1N. The number of anilines is 2. The Morgan fingerprint density at radius 3 is 2.68 bits per heavy atom. The zero-order valence-corrected chi connectivity index (χ0v) is 12.4. The molecule has 2 rings (SSSR count). The van der Waals surface area contributed by atoms with Crippen molar-refractivity contribution in [1.29, 1.82) is 0 Å². The van der Waals surface area contributed by atoms with E-state index in [1.807, 2.05) is 12.1 Å². The standard InChI is InChI=1S/C16H26N2O/c1-4-10-19-15-7-5-6-14(16(15)17)18(11-12(2)3)13-8-9-13/h5-7,12-13H,4,8-11,17H2,1-3H3. The van der Waals surface area contributed by atoms with Crippen molar-refractivity contribution < 1.29 is 4.74 Å². The van der Waals surface area contributed by atoms with Gasteiger partial charge >= 0.3 is 0 Å². The Labute approximate surface area is 116 Å². The van der Waals surface area contributed by atoms with Crippen LogP contribution in [-0.2, 0) is 0 Å². The quantitative estimate of drug-likeness (QED) is 0.762. The molecule has 0 atom stereocenters. The molecule has 1 fully saturated rings. The molecular weight excluding hydrogens is 236 g/mol. The monoisotopic (exact) mass is 262 g/mol. The molecule has 0 unspecified atom stereocenters. The Balaban J connectivity index is 2.21. The van der Waals surface area contributed by atoms with E-state index in [1.54, 1.807) is 0 Å². The van der Waals surface area contributed by atoms with Crippen LogP contribution in [-0.4, -0.2) is 19.2 Å². The van der Waals surface area contributed by atoms with Crippen molar-refractivity contribution in [2.45, 2.75) is 46.1 Å². The largest absolute Gasteiger partial charge is 0.491 e. The van der Waals surface area contributed by atoms with E-state index in [0.717, 1.165) is 36.7 Å². The molecule has 0 aromatic heterocycles. The molecule has 0 amide bonds. The van der Waals surface area contributed by atoms with Gasteiger partial charge in [0.15, 0.2) is 0 Å². The van der Waals surface area contributed by atoms with Crippen LogP contribution >= 0.6 is 0 Å². The lowest BCUT2D eigenvalue weighted by molar-refractivity contribution is 0.319. The second kappa shape index (κ2) is 6.18. The van der Waals surface area contributed by atoms with Crippen LogP contribution in [0, 0.1) is 5.92 Å². The third-order valence-corrected chi connectivity index (χ3v) is 3.36. The Morgan fingerprint density at radius 1 is 1.37 bits per heavy atom. The Hall–Kier alpha value is -1.38. The van der Waals surface area contributed by atoms with E-state index in [4.69, 9.17) is 10.5 Å². The number of benzene rings is 1. The van der Waals surface area contributed by atoms with E-state index in [0.29, 0.717) is 12.0 Å². The average Bonchev–Trinajstić information content (AvgIpc) is 3.19. The van der Waals surface area contributed by atoms with Crippen molar-refractivity contribution in [2.75, 3.05) is 23.8 Å². The van der Waals surface area contributed by atoms with Gasteiger partial charge in [0.2, 0.25) is 0 Å². The molecule has 1 saturated carbocycles. The Kier molecular flexibility index (Phi) is 4.56. The maximum Gasteiger partial charge on any atom is 0.144 e. The molecule has 1 aliphatic rings. The van der Waals surface area contributed by atoms with Gasteiger partial charge in [-0.15, -0.1) is 0 Å². The second-order valence-electron chi connectivity index (χ2n) is 5.81. The van der Waals surface area contributed by atoms with Crippen LogP contribution in [0.5, 0.6) is 5.75 Å². The molecule has 2 N–H and O–H groups in total. The van der Waals surface area contributed by atoms with Gasteiger partial charge in [0, 0.05) is 12.6 Å². The van der Waals surface area contributed by atoms with Crippen LogP contribution in [0.2, 0.25) is 0 Å². The lowest BCUT2D eigenvalue weighted by Gasteiger charge is -2.28. The summed E-state index contributed by atoms with van der Waals surface area (Å²) in [5.74, 6) is 1.47. The molecule has 0 aliphatic heterocycles. The molecule has 0 radical (unpaired) electrons. The van der Waals surface area contributed by atoms with Gasteiger partial charge in [0.1, 0.15) is 5.75 Å². The van der Waals surface area contributed by atoms with E-state index in [2.05, 4.69) is 31.7 Å². The average molecular weight is 262 g/mol. The number of hydrogen-bond acceptors (Lipinski definition) is 3. The number of nitrogens with zero attached hydrogens (tertiary/aromatic N) is 1. The summed E-state index contributed by atoms with van der Waals surface area (Å²) < 4.78 is 5.73. The fraction of sp³-hybridized carbons (Fsp3) is 0.625. The number of para-hydroxylation sites is 1. The topological polar surface area (TPSA) is 38.5 Å². The highest BCUT2D eigenvalue weighted by molar-refractivity contribution is 5.74. The number of nitrogens with two attached hydrogens (primary N) is 1. The first kappa shape index (κ1) is 14.0. The molecule has 0 spiro atoms. The van der Waals surface area contributed by atoms with Crippen molar-refractivity contribution in [3.05, 3.63) is 18.2 Å². The van der Waals surface area contributed by atoms with Crippen LogP contribution in [0.1, 0.15) is 40.0 Å². The summed E-state index contributed by atoms with van der Waals surface area (Å²) in [6, 6.07) is 6.81. The normalized spacial score (nSPS) is 14.7. The van der Waals surface area contributed by atoms with Gasteiger partial charge in [-0.25, -0.2) is 0 Å². The summed E-state index contributed by atoms with van der Waals surface area (Å²) in [4.78, 5) is 2.46. The van der Waals surface area contributed by atoms with E-state index in [9.17, 15) is 0 Å². The van der Waals surface area contributed by atoms with Crippen molar-refractivity contribution >= 4 is 11.4 Å². The van der Waals surface area contributed by atoms with E-state index in [-0.39, 0.29) is 0 Å². The highest BCUT2D eigenvalue weighted by Gasteiger charge is 2.31. The van der Waals surface area contributed by atoms with Gasteiger partial charge in [-0.1, -0.05) is 26.8 Å². The van der Waals surface area contributed by atoms with Crippen LogP contribution in [0.25, 0.3) is 0 Å². The molecule has 1 aliphatic carbocycles. The van der Waals surface area contributed by atoms with Gasteiger partial charge in [-0.3, -0.25) is 0 Å². The molecule has 1 aromatic carbocycles. The molecule has 3 heteroatoms. The van der Waals surface area contributed by atoms with Crippen LogP contribution in [0.15, 0.2) is 18.2 Å². The molecule has 19 heavy (non-hydrogen) atoms. The van der Waals surface area contributed by atoms with E-state index in [1.165, 1.54) is 12.8 Å². The molecule has 106 valence electrons. The zero-order valence-electron chi connectivity index (χ0n) is 12.4. The number of nitrogen functional groups attached to an aromatic ring is 1. The number of rotatable bonds is 7. The lowest BCUT2D eigenvalue weighted by atomic mass is 10.1. The van der Waals surface area contributed by atoms with Gasteiger partial charge in [0.25, 0.3) is 0 Å². The molecule has 0 bridgehead atoms. The third-order valence-electron chi connectivity index (χ3n) is 3.36. The summed E-state index contributed by atoms with van der Waals surface area (Å²) in [6.45, 7) is 8.40. The fourth-order valence-electron chi connectivity index (χ4n) is 2.34. The van der Waals surface area contributed by atoms with Crippen LogP contribution in [0.3, 0.4) is 0 Å². The van der Waals surface area contributed by atoms with Gasteiger partial charge in [0.05, 0.1) is 18.0 Å². The van der Waals surface area contributed by atoms with E-state index < -0.39 is 0 Å². The van der Waals surface area contributed by atoms with Crippen molar-refractivity contribution in [1.82, 2.24) is 0 Å². The van der Waals surface area contributed by atoms with Crippen LogP contribution in [0.4, 0.5) is 11.4 Å². The van der Waals surface area contributed by atoms with Gasteiger partial charge in [-0.05, 0) is 37.3 Å². The summed E-state index contributed by atoms with van der Waals surface area (Å²) >= 11 is 0. The summed E-state index contributed by atoms with van der Waals surface area (Å²) in [5.41, 5.74) is 8.24. The smallest absolute Gasteiger partial charge is 0.144 e. The minimum Gasteiger partial charge on any atom is -0.491 e. The molecule has 0 saturated heterocycles. The predicted octanol–water partition coefficient (Wildman–Crippen LogP) is 3.68. The highest BCUT2D eigenvalue weighted by Crippen LogP contribution is 2.39. The maximum absolute atomic E-state index is 6.30. The van der Waals surface area contributed by atoms with Crippen LogP contribution < -0.4 is 15.4 Å². The first-order valence-electron chi connectivity index (χ1n) is 7.41. The maximum atomic E-state index is 6.30. The van der Waals surface area contributed by atoms with E-state index >= 15 is 0 Å².